The molecule has 0 radical (unpaired) electrons. The fourth-order valence-electron chi connectivity index (χ4n) is 2.55. The highest BCUT2D eigenvalue weighted by atomic mass is 32.2. The maximum absolute atomic E-state index is 13.3. The summed E-state index contributed by atoms with van der Waals surface area (Å²) in [6.45, 7) is 2.70. The van der Waals surface area contributed by atoms with E-state index in [2.05, 4.69) is 32.5 Å². The molecule has 0 saturated carbocycles. The monoisotopic (exact) mass is 400 g/mol. The molecule has 3 aromatic rings. The Hall–Kier alpha value is -2.81. The average molecular weight is 400 g/mol. The van der Waals surface area contributed by atoms with Crippen molar-refractivity contribution in [1.82, 2.24) is 30.3 Å². The molecule has 0 aliphatic rings. The van der Waals surface area contributed by atoms with Gasteiger partial charge in [0.1, 0.15) is 5.82 Å². The van der Waals surface area contributed by atoms with Gasteiger partial charge in [0.15, 0.2) is 10.9 Å². The Bertz CT molecular complexity index is 901. The fraction of sp³-hybridized carbons (Fsp3) is 0.316. The highest BCUT2D eigenvalue weighted by molar-refractivity contribution is 7.98. The van der Waals surface area contributed by atoms with Crippen molar-refractivity contribution in [2.24, 2.45) is 0 Å². The van der Waals surface area contributed by atoms with Gasteiger partial charge in [-0.15, -0.1) is 5.10 Å². The van der Waals surface area contributed by atoms with Gasteiger partial charge in [-0.25, -0.2) is 19.0 Å². The van der Waals surface area contributed by atoms with Crippen LogP contribution in [0.15, 0.2) is 47.9 Å². The number of thioether (sulfide) groups is 1. The highest BCUT2D eigenvalue weighted by Crippen LogP contribution is 2.23. The molecule has 3 rings (SSSR count). The first-order valence-corrected chi connectivity index (χ1v) is 10.1. The number of nitrogens with zero attached hydrogens (tertiary/aromatic N) is 5. The van der Waals surface area contributed by atoms with Crippen molar-refractivity contribution in [3.8, 4) is 5.69 Å². The molecule has 2 heterocycles. The molecule has 0 fully saturated rings. The number of carbonyl (C=O) groups excluding carboxylic acids is 1. The van der Waals surface area contributed by atoms with Gasteiger partial charge in [0, 0.05) is 24.7 Å². The van der Waals surface area contributed by atoms with E-state index in [-0.39, 0.29) is 17.4 Å². The van der Waals surface area contributed by atoms with Gasteiger partial charge in [0.2, 0.25) is 0 Å². The van der Waals surface area contributed by atoms with E-state index in [1.54, 1.807) is 35.3 Å². The molecule has 146 valence electrons. The van der Waals surface area contributed by atoms with Crippen LogP contribution in [0.4, 0.5) is 4.39 Å². The van der Waals surface area contributed by atoms with Crippen LogP contribution in [0, 0.1) is 5.82 Å². The molecule has 1 aromatic carbocycles. The third-order valence-electron chi connectivity index (χ3n) is 4.00. The molecule has 0 atom stereocenters. The quantitative estimate of drug-likeness (QED) is 0.337. The van der Waals surface area contributed by atoms with Gasteiger partial charge < -0.3 is 5.32 Å². The molecule has 0 saturated heterocycles. The van der Waals surface area contributed by atoms with Crippen LogP contribution >= 0.6 is 11.8 Å². The molecule has 9 heteroatoms. The molecule has 1 amide bonds. The minimum atomic E-state index is -0.341. The summed E-state index contributed by atoms with van der Waals surface area (Å²) in [7, 11) is 0. The van der Waals surface area contributed by atoms with Gasteiger partial charge in [0.05, 0.1) is 11.4 Å². The Balaban J connectivity index is 1.84. The van der Waals surface area contributed by atoms with Crippen LogP contribution in [0.1, 0.15) is 42.4 Å². The summed E-state index contributed by atoms with van der Waals surface area (Å²) < 4.78 is 14.8. The topological polar surface area (TPSA) is 85.6 Å². The molecule has 7 nitrogen and oxygen atoms in total. The molecule has 0 spiro atoms. The number of benzene rings is 1. The maximum atomic E-state index is 13.3. The third kappa shape index (κ3) is 5.13. The van der Waals surface area contributed by atoms with Gasteiger partial charge in [-0.1, -0.05) is 36.7 Å². The van der Waals surface area contributed by atoms with Crippen LogP contribution in [-0.2, 0) is 5.75 Å². The molecular weight excluding hydrogens is 379 g/mol. The summed E-state index contributed by atoms with van der Waals surface area (Å²) in [5, 5.41) is 11.7. The number of nitrogens with one attached hydrogen (secondary N) is 1. The van der Waals surface area contributed by atoms with Crippen molar-refractivity contribution in [3.63, 3.8) is 0 Å². The van der Waals surface area contributed by atoms with E-state index in [4.69, 9.17) is 0 Å². The van der Waals surface area contributed by atoms with E-state index < -0.39 is 0 Å². The van der Waals surface area contributed by atoms with Gasteiger partial charge in [-0.2, -0.15) is 0 Å². The molecular formula is C19H21FN6OS. The van der Waals surface area contributed by atoms with Crippen molar-refractivity contribution in [1.29, 1.82) is 0 Å². The van der Waals surface area contributed by atoms with Crippen molar-refractivity contribution in [2.45, 2.75) is 37.1 Å². The second-order valence-electron chi connectivity index (χ2n) is 6.06. The highest BCUT2D eigenvalue weighted by Gasteiger charge is 2.21. The van der Waals surface area contributed by atoms with E-state index in [0.717, 1.165) is 19.3 Å². The number of hydrogen-bond acceptors (Lipinski definition) is 6. The zero-order valence-electron chi connectivity index (χ0n) is 15.5. The fourth-order valence-corrected chi connectivity index (χ4v) is 3.35. The molecule has 0 aliphatic carbocycles. The largest absolute Gasteiger partial charge is 0.351 e. The molecule has 2 aromatic heterocycles. The molecule has 0 unspecified atom stereocenters. The zero-order valence-corrected chi connectivity index (χ0v) is 16.3. The summed E-state index contributed by atoms with van der Waals surface area (Å²) in [6.07, 6.45) is 6.36. The van der Waals surface area contributed by atoms with Crippen LogP contribution in [-0.4, -0.2) is 37.4 Å². The summed E-state index contributed by atoms with van der Waals surface area (Å²) in [5.41, 5.74) is 1.49. The van der Waals surface area contributed by atoms with Gasteiger partial charge in [0.25, 0.3) is 5.91 Å². The first kappa shape index (κ1) is 19.9. The summed E-state index contributed by atoms with van der Waals surface area (Å²) in [6, 6.07) is 7.63. The van der Waals surface area contributed by atoms with Crippen molar-refractivity contribution in [2.75, 3.05) is 6.54 Å². The first-order valence-electron chi connectivity index (χ1n) is 9.07. The SMILES string of the molecule is CCCCCNC(=O)c1nnn(-c2ccc(F)cc2)c1CSc1ncccn1. The predicted octanol–water partition coefficient (Wildman–Crippen LogP) is 3.41. The molecule has 0 aliphatic heterocycles. The van der Waals surface area contributed by atoms with Crippen LogP contribution in [0.5, 0.6) is 0 Å². The minimum absolute atomic E-state index is 0.254. The van der Waals surface area contributed by atoms with E-state index in [9.17, 15) is 9.18 Å². The number of amides is 1. The lowest BCUT2D eigenvalue weighted by Gasteiger charge is -2.08. The van der Waals surface area contributed by atoms with Crippen LogP contribution < -0.4 is 5.32 Å². The first-order chi connectivity index (χ1) is 13.7. The van der Waals surface area contributed by atoms with E-state index in [1.807, 2.05) is 0 Å². The Morgan fingerprint density at radius 1 is 1.18 bits per heavy atom. The van der Waals surface area contributed by atoms with Crippen molar-refractivity contribution in [3.05, 3.63) is 59.9 Å². The van der Waals surface area contributed by atoms with Gasteiger partial charge >= 0.3 is 0 Å². The second-order valence-corrected chi connectivity index (χ2v) is 7.00. The Morgan fingerprint density at radius 3 is 2.64 bits per heavy atom. The number of carbonyl (C=O) groups is 1. The zero-order chi connectivity index (χ0) is 19.8. The summed E-state index contributed by atoms with van der Waals surface area (Å²) in [4.78, 5) is 21.0. The number of aromatic nitrogens is 5. The van der Waals surface area contributed by atoms with E-state index in [1.165, 1.54) is 23.9 Å². The summed E-state index contributed by atoms with van der Waals surface area (Å²) in [5.74, 6) is -0.216. The summed E-state index contributed by atoms with van der Waals surface area (Å²) >= 11 is 1.38. The molecule has 0 bridgehead atoms. The number of hydrogen-bond donors (Lipinski definition) is 1. The maximum Gasteiger partial charge on any atom is 0.273 e. The Morgan fingerprint density at radius 2 is 1.93 bits per heavy atom. The van der Waals surface area contributed by atoms with Crippen molar-refractivity contribution >= 4 is 17.7 Å². The lowest BCUT2D eigenvalue weighted by molar-refractivity contribution is 0.0947. The van der Waals surface area contributed by atoms with Crippen LogP contribution in [0.2, 0.25) is 0 Å². The van der Waals surface area contributed by atoms with E-state index >= 15 is 0 Å². The van der Waals surface area contributed by atoms with E-state index in [0.29, 0.717) is 28.8 Å². The van der Waals surface area contributed by atoms with Crippen molar-refractivity contribution < 1.29 is 9.18 Å². The van der Waals surface area contributed by atoms with Crippen LogP contribution in [0.3, 0.4) is 0 Å². The van der Waals surface area contributed by atoms with Gasteiger partial charge in [-0.3, -0.25) is 4.79 Å². The number of halogens is 1. The Kier molecular flexibility index (Phi) is 7.07. The average Bonchev–Trinajstić information content (AvgIpc) is 3.15. The standard InChI is InChI=1S/C19H21FN6OS/c1-2-3-4-10-21-18(27)17-16(13-28-19-22-11-5-12-23-19)26(25-24-17)15-8-6-14(20)7-9-15/h5-9,11-12H,2-4,10,13H2,1H3,(H,21,27). The number of rotatable bonds is 9. The minimum Gasteiger partial charge on any atom is -0.351 e. The smallest absolute Gasteiger partial charge is 0.273 e. The second kappa shape index (κ2) is 9.93. The predicted molar refractivity (Wildman–Crippen MR) is 105 cm³/mol. The Labute approximate surface area is 166 Å². The lowest BCUT2D eigenvalue weighted by atomic mass is 10.2. The molecule has 1 N–H and O–H groups in total. The normalized spacial score (nSPS) is 10.8. The van der Waals surface area contributed by atoms with Gasteiger partial charge in [-0.05, 0) is 36.8 Å². The molecule has 28 heavy (non-hydrogen) atoms. The lowest BCUT2D eigenvalue weighted by Crippen LogP contribution is -2.26. The number of unbranched alkanes of at least 4 members (excludes halogenated alkanes) is 2. The van der Waals surface area contributed by atoms with Crippen LogP contribution in [0.25, 0.3) is 5.69 Å². The third-order valence-corrected chi connectivity index (χ3v) is 4.88.